The lowest BCUT2D eigenvalue weighted by Crippen LogP contribution is -2.01. The number of aliphatic hydroxyl groups is 1. The Labute approximate surface area is 124 Å². The minimum atomic E-state index is -0.882. The Bertz CT molecular complexity index is 833. The van der Waals surface area contributed by atoms with Crippen molar-refractivity contribution < 1.29 is 19.0 Å². The van der Waals surface area contributed by atoms with Gasteiger partial charge in [0, 0.05) is 17.8 Å². The number of aliphatic hydroxyl groups excluding tert-OH is 1. The zero-order chi connectivity index (χ0) is 15.7. The fraction of sp³-hybridized carbons (Fsp3) is 0.200. The molecule has 2 heterocycles. The fourth-order valence-electron chi connectivity index (χ4n) is 2.27. The number of aromatic hydroxyl groups is 1. The lowest BCUT2D eigenvalue weighted by atomic mass is 10.1. The predicted molar refractivity (Wildman–Crippen MR) is 74.3 cm³/mol. The molecular weight excluding hydrogens is 292 g/mol. The molecule has 1 aromatic carbocycles. The molecule has 7 heteroatoms. The molecule has 5 nitrogen and oxygen atoms in total. The molecule has 0 amide bonds. The molecule has 0 spiro atoms. The molecule has 0 unspecified atom stereocenters. The van der Waals surface area contributed by atoms with E-state index in [4.69, 9.17) is 5.11 Å². The molecule has 22 heavy (non-hydrogen) atoms. The predicted octanol–water partition coefficient (Wildman–Crippen LogP) is 1.99. The molecule has 2 aromatic heterocycles. The van der Waals surface area contributed by atoms with Crippen LogP contribution in [0.25, 0.3) is 5.65 Å². The molecule has 0 bridgehead atoms. The average Bonchev–Trinajstić information content (AvgIpc) is 2.92. The number of halogens is 2. The van der Waals surface area contributed by atoms with Crippen LogP contribution in [-0.4, -0.2) is 24.8 Å². The van der Waals surface area contributed by atoms with Gasteiger partial charge < -0.3 is 10.2 Å². The van der Waals surface area contributed by atoms with Gasteiger partial charge in [-0.3, -0.25) is 0 Å². The minimum Gasteiger partial charge on any atom is -0.493 e. The first-order valence-corrected chi connectivity index (χ1v) is 6.70. The monoisotopic (exact) mass is 305 g/mol. The van der Waals surface area contributed by atoms with Crippen molar-refractivity contribution >= 4 is 5.65 Å². The summed E-state index contributed by atoms with van der Waals surface area (Å²) >= 11 is 0. The van der Waals surface area contributed by atoms with Gasteiger partial charge in [-0.05, 0) is 24.5 Å². The summed E-state index contributed by atoms with van der Waals surface area (Å²) < 4.78 is 28.0. The zero-order valence-electron chi connectivity index (χ0n) is 11.5. The largest absolute Gasteiger partial charge is 0.493 e. The van der Waals surface area contributed by atoms with E-state index in [9.17, 15) is 13.9 Å². The third-order valence-electron chi connectivity index (χ3n) is 3.36. The smallest absolute Gasteiger partial charge is 0.215 e. The summed E-state index contributed by atoms with van der Waals surface area (Å²) in [5.41, 5.74) is 1.55. The van der Waals surface area contributed by atoms with Crippen LogP contribution in [0.1, 0.15) is 17.0 Å². The van der Waals surface area contributed by atoms with Crippen LogP contribution < -0.4 is 0 Å². The van der Waals surface area contributed by atoms with Gasteiger partial charge in [-0.1, -0.05) is 12.1 Å². The van der Waals surface area contributed by atoms with E-state index in [2.05, 4.69) is 10.1 Å². The quantitative estimate of drug-likeness (QED) is 0.773. The van der Waals surface area contributed by atoms with E-state index in [0.29, 0.717) is 23.5 Å². The molecule has 0 atom stereocenters. The van der Waals surface area contributed by atoms with Crippen molar-refractivity contribution in [2.45, 2.75) is 19.4 Å². The number of benzene rings is 1. The Morgan fingerprint density at radius 1 is 1.09 bits per heavy atom. The maximum Gasteiger partial charge on any atom is 0.215 e. The second-order valence-corrected chi connectivity index (χ2v) is 4.88. The van der Waals surface area contributed by atoms with E-state index in [1.807, 2.05) is 0 Å². The molecule has 0 saturated heterocycles. The van der Waals surface area contributed by atoms with E-state index < -0.39 is 11.6 Å². The van der Waals surface area contributed by atoms with Gasteiger partial charge in [-0.15, -0.1) is 0 Å². The maximum atomic E-state index is 13.6. The van der Waals surface area contributed by atoms with Gasteiger partial charge in [0.2, 0.25) is 5.88 Å². The number of hydrogen-bond donors (Lipinski definition) is 2. The number of rotatable bonds is 4. The summed E-state index contributed by atoms with van der Waals surface area (Å²) in [6, 6.07) is 6.99. The highest BCUT2D eigenvalue weighted by Gasteiger charge is 2.11. The molecule has 0 aliphatic rings. The van der Waals surface area contributed by atoms with Crippen molar-refractivity contribution in [3.05, 3.63) is 58.9 Å². The summed E-state index contributed by atoms with van der Waals surface area (Å²) in [5.74, 6) is -1.87. The summed E-state index contributed by atoms with van der Waals surface area (Å²) in [5, 5.41) is 22.9. The van der Waals surface area contributed by atoms with Crippen LogP contribution in [0, 0.1) is 11.6 Å². The Hall–Kier alpha value is -2.54. The maximum absolute atomic E-state index is 13.6. The Morgan fingerprint density at radius 2 is 1.91 bits per heavy atom. The molecule has 0 saturated carbocycles. The van der Waals surface area contributed by atoms with E-state index in [1.54, 1.807) is 6.07 Å². The molecule has 114 valence electrons. The first-order valence-electron chi connectivity index (χ1n) is 6.70. The first kappa shape index (κ1) is 14.4. The number of fused-ring (bicyclic) bond motifs is 1. The second-order valence-electron chi connectivity index (χ2n) is 4.88. The molecule has 0 aliphatic heterocycles. The molecule has 0 fully saturated rings. The van der Waals surface area contributed by atoms with Gasteiger partial charge in [0.05, 0.1) is 12.3 Å². The van der Waals surface area contributed by atoms with Crippen LogP contribution in [0.3, 0.4) is 0 Å². The summed E-state index contributed by atoms with van der Waals surface area (Å²) in [6.45, 7) is -0.257. The zero-order valence-corrected chi connectivity index (χ0v) is 11.5. The number of aryl methyl sites for hydroxylation is 2. The lowest BCUT2D eigenvalue weighted by molar-refractivity contribution is 0.276. The molecule has 2 N–H and O–H groups in total. The van der Waals surface area contributed by atoms with Crippen molar-refractivity contribution in [2.24, 2.45) is 0 Å². The summed E-state index contributed by atoms with van der Waals surface area (Å²) in [7, 11) is 0. The Balaban J connectivity index is 1.86. The second kappa shape index (κ2) is 5.69. The highest BCUT2D eigenvalue weighted by atomic mass is 19.2. The van der Waals surface area contributed by atoms with Crippen molar-refractivity contribution in [3.63, 3.8) is 0 Å². The van der Waals surface area contributed by atoms with Gasteiger partial charge in [0.15, 0.2) is 17.3 Å². The normalized spacial score (nSPS) is 11.2. The molecule has 0 radical (unpaired) electrons. The standard InChI is InChI=1S/C15H13F2N3O2/c16-12-3-1-2-9(15(12)17)4-5-10-7-14(22)20-13(18-10)6-11(8-21)19-20/h1-3,6-7,21-22H,4-5,8H2. The topological polar surface area (TPSA) is 70.7 Å². The average molecular weight is 305 g/mol. The van der Waals surface area contributed by atoms with Gasteiger partial charge in [0.1, 0.15) is 0 Å². The van der Waals surface area contributed by atoms with E-state index in [0.717, 1.165) is 6.07 Å². The van der Waals surface area contributed by atoms with E-state index >= 15 is 0 Å². The van der Waals surface area contributed by atoms with Crippen LogP contribution in [0.2, 0.25) is 0 Å². The van der Waals surface area contributed by atoms with Crippen molar-refractivity contribution in [1.29, 1.82) is 0 Å². The minimum absolute atomic E-state index is 0.126. The number of nitrogens with zero attached hydrogens (tertiary/aromatic N) is 3. The van der Waals surface area contributed by atoms with Crippen molar-refractivity contribution in [1.82, 2.24) is 14.6 Å². The van der Waals surface area contributed by atoms with Gasteiger partial charge in [0.25, 0.3) is 0 Å². The Morgan fingerprint density at radius 3 is 2.68 bits per heavy atom. The van der Waals surface area contributed by atoms with Crippen LogP contribution in [0.5, 0.6) is 5.88 Å². The summed E-state index contributed by atoms with van der Waals surface area (Å²) in [4.78, 5) is 4.28. The first-order chi connectivity index (χ1) is 10.6. The summed E-state index contributed by atoms with van der Waals surface area (Å²) in [6.07, 6.45) is 0.595. The molecular formula is C15H13F2N3O2. The highest BCUT2D eigenvalue weighted by molar-refractivity contribution is 5.43. The van der Waals surface area contributed by atoms with Gasteiger partial charge in [-0.2, -0.15) is 9.61 Å². The van der Waals surface area contributed by atoms with Crippen LogP contribution in [-0.2, 0) is 19.4 Å². The lowest BCUT2D eigenvalue weighted by Gasteiger charge is -2.05. The van der Waals surface area contributed by atoms with Crippen molar-refractivity contribution in [2.75, 3.05) is 0 Å². The van der Waals surface area contributed by atoms with E-state index in [-0.39, 0.29) is 24.5 Å². The molecule has 3 aromatic rings. The van der Waals surface area contributed by atoms with E-state index in [1.165, 1.54) is 22.7 Å². The SMILES string of the molecule is OCc1cc2nc(CCc3cccc(F)c3F)cc(O)n2n1. The van der Waals surface area contributed by atoms with Crippen LogP contribution >= 0.6 is 0 Å². The molecule has 0 aliphatic carbocycles. The van der Waals surface area contributed by atoms with Gasteiger partial charge >= 0.3 is 0 Å². The third kappa shape index (κ3) is 2.62. The fourth-order valence-corrected chi connectivity index (χ4v) is 2.27. The highest BCUT2D eigenvalue weighted by Crippen LogP contribution is 2.18. The third-order valence-corrected chi connectivity index (χ3v) is 3.36. The Kier molecular flexibility index (Phi) is 3.72. The van der Waals surface area contributed by atoms with Crippen LogP contribution in [0.15, 0.2) is 30.3 Å². The van der Waals surface area contributed by atoms with Gasteiger partial charge in [-0.25, -0.2) is 13.8 Å². The number of aromatic nitrogens is 3. The van der Waals surface area contributed by atoms with Crippen molar-refractivity contribution in [3.8, 4) is 5.88 Å². The number of hydrogen-bond acceptors (Lipinski definition) is 4. The van der Waals surface area contributed by atoms with Crippen LogP contribution in [0.4, 0.5) is 8.78 Å². The molecule has 3 rings (SSSR count).